The summed E-state index contributed by atoms with van der Waals surface area (Å²) in [6.45, 7) is 1.84. The van der Waals surface area contributed by atoms with Gasteiger partial charge in [-0.3, -0.25) is 4.90 Å². The largest absolute Gasteiger partial charge is 0.493 e. The third kappa shape index (κ3) is 2.95. The average Bonchev–Trinajstić information content (AvgIpc) is 2.71. The Morgan fingerprint density at radius 2 is 1.59 bits per heavy atom. The van der Waals surface area contributed by atoms with E-state index in [1.807, 2.05) is 6.07 Å². The number of nitrogens with zero attached hydrogens (tertiary/aromatic N) is 1. The van der Waals surface area contributed by atoms with E-state index in [1.54, 1.807) is 28.4 Å². The monoisotopic (exact) mass is 433 g/mol. The maximum Gasteiger partial charge on any atom is 0.165 e. The van der Waals surface area contributed by atoms with Crippen molar-refractivity contribution in [1.29, 1.82) is 0 Å². The van der Waals surface area contributed by atoms with Crippen LogP contribution in [0.5, 0.6) is 23.0 Å². The highest BCUT2D eigenvalue weighted by molar-refractivity contribution is 9.10. The standard InChI is InChI=1S/C21H24BrNO4/c1-24-18-7-12-5-6-23-11-15-14(8-17(23)13(12)9-19(18)25-2)16(22)10-20(26-3)21(15)27-4/h7,9-10,17H,5-6,8,11H2,1-4H3. The molecule has 0 N–H and O–H groups in total. The van der Waals surface area contributed by atoms with Gasteiger partial charge in [0.2, 0.25) is 0 Å². The van der Waals surface area contributed by atoms with E-state index in [4.69, 9.17) is 18.9 Å². The predicted octanol–water partition coefficient (Wildman–Crippen LogP) is 4.14. The fourth-order valence-electron chi connectivity index (χ4n) is 4.37. The van der Waals surface area contributed by atoms with Gasteiger partial charge in [0.1, 0.15) is 0 Å². The molecule has 6 heteroatoms. The summed E-state index contributed by atoms with van der Waals surface area (Å²) in [6, 6.07) is 6.59. The van der Waals surface area contributed by atoms with E-state index in [9.17, 15) is 0 Å². The number of fused-ring (bicyclic) bond motifs is 4. The minimum atomic E-state index is 0.315. The Hall–Kier alpha value is -1.92. The Kier molecular flexibility index (Phi) is 4.95. The molecule has 2 aromatic rings. The molecule has 0 spiro atoms. The van der Waals surface area contributed by atoms with Crippen molar-refractivity contribution in [2.45, 2.75) is 25.4 Å². The van der Waals surface area contributed by atoms with Crippen LogP contribution >= 0.6 is 15.9 Å². The molecular weight excluding hydrogens is 410 g/mol. The summed E-state index contributed by atoms with van der Waals surface area (Å²) >= 11 is 3.75. The van der Waals surface area contributed by atoms with Crippen LogP contribution in [-0.2, 0) is 19.4 Å². The smallest absolute Gasteiger partial charge is 0.165 e. The SMILES string of the molecule is COc1cc2c(cc1OC)C1Cc3c(Br)cc(OC)c(OC)c3CN1CC2. The van der Waals surface area contributed by atoms with Gasteiger partial charge >= 0.3 is 0 Å². The molecule has 2 heterocycles. The van der Waals surface area contributed by atoms with E-state index in [0.717, 1.165) is 53.4 Å². The molecule has 144 valence electrons. The van der Waals surface area contributed by atoms with E-state index < -0.39 is 0 Å². The molecule has 0 amide bonds. The number of methoxy groups -OCH3 is 4. The zero-order valence-electron chi connectivity index (χ0n) is 16.1. The van der Waals surface area contributed by atoms with Gasteiger partial charge in [-0.2, -0.15) is 0 Å². The van der Waals surface area contributed by atoms with Crippen LogP contribution in [0.15, 0.2) is 22.7 Å². The van der Waals surface area contributed by atoms with Gasteiger partial charge in [0.05, 0.1) is 28.4 Å². The van der Waals surface area contributed by atoms with Gasteiger partial charge in [-0.25, -0.2) is 0 Å². The molecule has 0 aromatic heterocycles. The van der Waals surface area contributed by atoms with Crippen molar-refractivity contribution in [3.63, 3.8) is 0 Å². The lowest BCUT2D eigenvalue weighted by atomic mass is 9.83. The van der Waals surface area contributed by atoms with Crippen molar-refractivity contribution < 1.29 is 18.9 Å². The first-order valence-electron chi connectivity index (χ1n) is 9.02. The molecular formula is C21H24BrNO4. The molecule has 0 fully saturated rings. The zero-order chi connectivity index (χ0) is 19.1. The van der Waals surface area contributed by atoms with E-state index in [1.165, 1.54) is 22.3 Å². The first kappa shape index (κ1) is 18.4. The predicted molar refractivity (Wildman–Crippen MR) is 107 cm³/mol. The highest BCUT2D eigenvalue weighted by Crippen LogP contribution is 2.48. The number of ether oxygens (including phenoxy) is 4. The molecule has 0 saturated heterocycles. The molecule has 1 unspecified atom stereocenters. The molecule has 4 rings (SSSR count). The number of hydrogen-bond acceptors (Lipinski definition) is 5. The summed E-state index contributed by atoms with van der Waals surface area (Å²) < 4.78 is 23.3. The molecule has 0 radical (unpaired) electrons. The summed E-state index contributed by atoms with van der Waals surface area (Å²) in [5.74, 6) is 3.20. The van der Waals surface area contributed by atoms with Crippen LogP contribution in [-0.4, -0.2) is 39.9 Å². The molecule has 1 atom stereocenters. The Labute approximate surface area is 168 Å². The Bertz CT molecular complexity index is 883. The zero-order valence-corrected chi connectivity index (χ0v) is 17.7. The molecule has 0 aliphatic carbocycles. The second kappa shape index (κ2) is 7.24. The molecule has 27 heavy (non-hydrogen) atoms. The van der Waals surface area contributed by atoms with Crippen molar-refractivity contribution in [2.24, 2.45) is 0 Å². The first-order chi connectivity index (χ1) is 13.1. The molecule has 5 nitrogen and oxygen atoms in total. The summed E-state index contributed by atoms with van der Waals surface area (Å²) in [5, 5.41) is 0. The average molecular weight is 434 g/mol. The van der Waals surface area contributed by atoms with Crippen LogP contribution in [0.3, 0.4) is 0 Å². The minimum absolute atomic E-state index is 0.315. The number of halogens is 1. The number of benzene rings is 2. The third-order valence-corrected chi connectivity index (χ3v) is 6.41. The maximum atomic E-state index is 5.70. The normalized spacial score (nSPS) is 18.2. The van der Waals surface area contributed by atoms with Crippen molar-refractivity contribution in [1.82, 2.24) is 4.90 Å². The van der Waals surface area contributed by atoms with E-state index >= 15 is 0 Å². The van der Waals surface area contributed by atoms with E-state index in [2.05, 4.69) is 33.0 Å². The van der Waals surface area contributed by atoms with Gasteiger partial charge in [-0.15, -0.1) is 0 Å². The molecule has 2 aliphatic rings. The number of rotatable bonds is 4. The summed E-state index contributed by atoms with van der Waals surface area (Å²) in [5.41, 5.74) is 5.17. The minimum Gasteiger partial charge on any atom is -0.493 e. The van der Waals surface area contributed by atoms with Crippen molar-refractivity contribution in [2.75, 3.05) is 35.0 Å². The van der Waals surface area contributed by atoms with Crippen molar-refractivity contribution in [3.8, 4) is 23.0 Å². The highest BCUT2D eigenvalue weighted by atomic mass is 79.9. The topological polar surface area (TPSA) is 40.2 Å². The van der Waals surface area contributed by atoms with Gasteiger partial charge in [0.15, 0.2) is 23.0 Å². The fourth-order valence-corrected chi connectivity index (χ4v) is 4.97. The second-order valence-electron chi connectivity index (χ2n) is 6.90. The van der Waals surface area contributed by atoms with Crippen molar-refractivity contribution >= 4 is 15.9 Å². The lowest BCUT2D eigenvalue weighted by Gasteiger charge is -2.42. The number of hydrogen-bond donors (Lipinski definition) is 0. The van der Waals surface area contributed by atoms with Crippen LogP contribution in [0.2, 0.25) is 0 Å². The summed E-state index contributed by atoms with van der Waals surface area (Å²) in [7, 11) is 6.77. The second-order valence-corrected chi connectivity index (χ2v) is 7.75. The lowest BCUT2D eigenvalue weighted by molar-refractivity contribution is 0.157. The van der Waals surface area contributed by atoms with Gasteiger partial charge in [-0.1, -0.05) is 15.9 Å². The molecule has 2 aromatic carbocycles. The summed E-state index contributed by atoms with van der Waals surface area (Å²) in [4.78, 5) is 2.52. The van der Waals surface area contributed by atoms with Crippen LogP contribution in [0, 0.1) is 0 Å². The van der Waals surface area contributed by atoms with Gasteiger partial charge in [0.25, 0.3) is 0 Å². The molecule has 0 bridgehead atoms. The Morgan fingerprint density at radius 3 is 2.26 bits per heavy atom. The van der Waals surface area contributed by atoms with Crippen LogP contribution in [0.4, 0.5) is 0 Å². The summed E-state index contributed by atoms with van der Waals surface area (Å²) in [6.07, 6.45) is 1.91. The fraction of sp³-hybridized carbons (Fsp3) is 0.429. The maximum absolute atomic E-state index is 5.70. The Balaban J connectivity index is 1.80. The Morgan fingerprint density at radius 1 is 0.889 bits per heavy atom. The molecule has 2 aliphatic heterocycles. The first-order valence-corrected chi connectivity index (χ1v) is 9.81. The van der Waals surface area contributed by atoms with Crippen LogP contribution in [0.1, 0.15) is 28.3 Å². The van der Waals surface area contributed by atoms with Crippen LogP contribution < -0.4 is 18.9 Å². The van der Waals surface area contributed by atoms with E-state index in [-0.39, 0.29) is 0 Å². The lowest BCUT2D eigenvalue weighted by Crippen LogP contribution is -2.39. The quantitative estimate of drug-likeness (QED) is 0.724. The van der Waals surface area contributed by atoms with Gasteiger partial charge < -0.3 is 18.9 Å². The van der Waals surface area contributed by atoms with E-state index in [0.29, 0.717) is 6.04 Å². The van der Waals surface area contributed by atoms with Gasteiger partial charge in [0, 0.05) is 29.2 Å². The van der Waals surface area contributed by atoms with Crippen LogP contribution in [0.25, 0.3) is 0 Å². The molecule has 0 saturated carbocycles. The van der Waals surface area contributed by atoms with Crippen molar-refractivity contribution in [3.05, 3.63) is 44.9 Å². The van der Waals surface area contributed by atoms with Gasteiger partial charge in [-0.05, 0) is 47.7 Å². The highest BCUT2D eigenvalue weighted by Gasteiger charge is 2.36. The third-order valence-electron chi connectivity index (χ3n) is 5.70.